The average molecular weight is 331 g/mol. The van der Waals surface area contributed by atoms with E-state index in [1.54, 1.807) is 0 Å². The van der Waals surface area contributed by atoms with Crippen molar-refractivity contribution in [2.75, 3.05) is 32.1 Å². The Morgan fingerprint density at radius 3 is 2.50 bits per heavy atom. The van der Waals surface area contributed by atoms with Gasteiger partial charge in [0.25, 0.3) is 0 Å². The van der Waals surface area contributed by atoms with Crippen LogP contribution < -0.4 is 4.90 Å². The quantitative estimate of drug-likeness (QED) is 0.836. The molecule has 2 aromatic rings. The summed E-state index contributed by atoms with van der Waals surface area (Å²) in [5.41, 5.74) is 1.92. The molecule has 1 atom stereocenters. The Morgan fingerprint density at radius 1 is 1.12 bits per heavy atom. The molecule has 1 saturated heterocycles. The molecule has 2 heterocycles. The van der Waals surface area contributed by atoms with Crippen LogP contribution in [-0.2, 0) is 13.0 Å². The van der Waals surface area contributed by atoms with Crippen molar-refractivity contribution < 1.29 is 8.78 Å². The first-order valence-corrected chi connectivity index (χ1v) is 8.29. The van der Waals surface area contributed by atoms with E-state index in [-0.39, 0.29) is 0 Å². The Balaban J connectivity index is 1.60. The molecule has 0 amide bonds. The average Bonchev–Trinajstić information content (AvgIpc) is 2.94. The number of anilines is 1. The number of benzene rings is 1. The molecule has 1 fully saturated rings. The van der Waals surface area contributed by atoms with Gasteiger partial charge in [-0.1, -0.05) is 6.07 Å². The molecular formula is C19H23F2N3. The third-order valence-corrected chi connectivity index (χ3v) is 4.36. The van der Waals surface area contributed by atoms with E-state index in [0.29, 0.717) is 12.3 Å². The van der Waals surface area contributed by atoms with Crippen LogP contribution in [0.2, 0.25) is 0 Å². The lowest BCUT2D eigenvalue weighted by molar-refractivity contribution is 0.402. The molecule has 0 radical (unpaired) electrons. The second-order valence-electron chi connectivity index (χ2n) is 6.84. The molecule has 3 nitrogen and oxygen atoms in total. The number of nitrogens with zero attached hydrogens (tertiary/aromatic N) is 3. The first-order chi connectivity index (χ1) is 11.5. The predicted molar refractivity (Wildman–Crippen MR) is 92.0 cm³/mol. The fraction of sp³-hybridized carbons (Fsp3) is 0.421. The Morgan fingerprint density at radius 2 is 1.88 bits per heavy atom. The molecule has 0 saturated carbocycles. The SMILES string of the molecule is CN(C)Cc1ccc(N2CCC(Cc3cc(F)cc(F)c3)C2)nc1. The van der Waals surface area contributed by atoms with Crippen LogP contribution in [0.5, 0.6) is 0 Å². The van der Waals surface area contributed by atoms with E-state index < -0.39 is 11.6 Å². The van der Waals surface area contributed by atoms with Crippen molar-refractivity contribution >= 4 is 5.82 Å². The summed E-state index contributed by atoms with van der Waals surface area (Å²) in [6.45, 7) is 2.68. The van der Waals surface area contributed by atoms with Crippen LogP contribution in [0.25, 0.3) is 0 Å². The van der Waals surface area contributed by atoms with Crippen LogP contribution in [0, 0.1) is 17.6 Å². The standard InChI is InChI=1S/C19H23F2N3/c1-23(2)12-15-3-4-19(22-11-15)24-6-5-14(13-24)7-16-8-17(20)10-18(21)9-16/h3-4,8-11,14H,5-7,12-13H2,1-2H3. The van der Waals surface area contributed by atoms with Crippen molar-refractivity contribution in [2.24, 2.45) is 5.92 Å². The van der Waals surface area contributed by atoms with Crippen molar-refractivity contribution in [1.29, 1.82) is 0 Å². The van der Waals surface area contributed by atoms with E-state index in [1.165, 1.54) is 17.7 Å². The molecule has 0 spiro atoms. The maximum atomic E-state index is 13.3. The number of hydrogen-bond acceptors (Lipinski definition) is 3. The molecular weight excluding hydrogens is 308 g/mol. The highest BCUT2D eigenvalue weighted by atomic mass is 19.1. The zero-order valence-electron chi connectivity index (χ0n) is 14.2. The zero-order valence-corrected chi connectivity index (χ0v) is 14.2. The second kappa shape index (κ2) is 7.26. The van der Waals surface area contributed by atoms with E-state index in [9.17, 15) is 8.78 Å². The molecule has 0 aliphatic carbocycles. The largest absolute Gasteiger partial charge is 0.356 e. The summed E-state index contributed by atoms with van der Waals surface area (Å²) in [5.74, 6) is 0.371. The summed E-state index contributed by atoms with van der Waals surface area (Å²) < 4.78 is 26.6. The molecule has 3 rings (SSSR count). The summed E-state index contributed by atoms with van der Waals surface area (Å²) in [4.78, 5) is 8.92. The minimum Gasteiger partial charge on any atom is -0.356 e. The van der Waals surface area contributed by atoms with E-state index in [2.05, 4.69) is 26.9 Å². The number of rotatable bonds is 5. The monoisotopic (exact) mass is 331 g/mol. The summed E-state index contributed by atoms with van der Waals surface area (Å²) >= 11 is 0. The Labute approximate surface area is 141 Å². The fourth-order valence-electron chi connectivity index (χ4n) is 3.33. The van der Waals surface area contributed by atoms with Crippen LogP contribution in [0.1, 0.15) is 17.5 Å². The summed E-state index contributed by atoms with van der Waals surface area (Å²) in [7, 11) is 4.07. The van der Waals surface area contributed by atoms with Gasteiger partial charge in [0.15, 0.2) is 0 Å². The Bertz CT molecular complexity index is 665. The number of hydrogen-bond donors (Lipinski definition) is 0. The van der Waals surface area contributed by atoms with Gasteiger partial charge in [0.05, 0.1) is 0 Å². The minimum atomic E-state index is -0.502. The Hall–Kier alpha value is -2.01. The normalized spacial score (nSPS) is 17.7. The maximum absolute atomic E-state index is 13.3. The fourth-order valence-corrected chi connectivity index (χ4v) is 3.33. The van der Waals surface area contributed by atoms with Crippen molar-refractivity contribution in [3.8, 4) is 0 Å². The van der Waals surface area contributed by atoms with Gasteiger partial charge in [-0.3, -0.25) is 0 Å². The van der Waals surface area contributed by atoms with Gasteiger partial charge in [0.2, 0.25) is 0 Å². The molecule has 24 heavy (non-hydrogen) atoms. The van der Waals surface area contributed by atoms with Crippen LogP contribution in [0.15, 0.2) is 36.5 Å². The third kappa shape index (κ3) is 4.29. The molecule has 0 N–H and O–H groups in total. The smallest absolute Gasteiger partial charge is 0.128 e. The van der Waals surface area contributed by atoms with Gasteiger partial charge < -0.3 is 9.80 Å². The van der Waals surface area contributed by atoms with Crippen LogP contribution in [0.3, 0.4) is 0 Å². The van der Waals surface area contributed by atoms with Gasteiger partial charge in [-0.15, -0.1) is 0 Å². The lowest BCUT2D eigenvalue weighted by atomic mass is 9.98. The van der Waals surface area contributed by atoms with Crippen LogP contribution in [0.4, 0.5) is 14.6 Å². The zero-order chi connectivity index (χ0) is 17.1. The van der Waals surface area contributed by atoms with E-state index in [4.69, 9.17) is 0 Å². The predicted octanol–water partition coefficient (Wildman–Crippen LogP) is 3.49. The van der Waals surface area contributed by atoms with Crippen LogP contribution in [-0.4, -0.2) is 37.1 Å². The minimum absolute atomic E-state index is 0.398. The molecule has 1 aromatic heterocycles. The van der Waals surface area contributed by atoms with Gasteiger partial charge in [0, 0.05) is 31.9 Å². The Kier molecular flexibility index (Phi) is 5.09. The van der Waals surface area contributed by atoms with E-state index in [0.717, 1.165) is 43.5 Å². The highest BCUT2D eigenvalue weighted by molar-refractivity contribution is 5.40. The van der Waals surface area contributed by atoms with Crippen molar-refractivity contribution in [1.82, 2.24) is 9.88 Å². The van der Waals surface area contributed by atoms with Gasteiger partial charge in [0.1, 0.15) is 17.5 Å². The van der Waals surface area contributed by atoms with Gasteiger partial charge >= 0.3 is 0 Å². The first kappa shape index (κ1) is 16.8. The van der Waals surface area contributed by atoms with Crippen molar-refractivity contribution in [3.63, 3.8) is 0 Å². The third-order valence-electron chi connectivity index (χ3n) is 4.36. The highest BCUT2D eigenvalue weighted by Crippen LogP contribution is 2.25. The summed E-state index contributed by atoms with van der Waals surface area (Å²) in [6, 6.07) is 7.95. The molecule has 1 unspecified atom stereocenters. The van der Waals surface area contributed by atoms with Gasteiger partial charge in [-0.25, -0.2) is 13.8 Å². The lowest BCUT2D eigenvalue weighted by Crippen LogP contribution is -2.21. The summed E-state index contributed by atoms with van der Waals surface area (Å²) in [5, 5.41) is 0. The molecule has 128 valence electrons. The molecule has 1 aromatic carbocycles. The molecule has 1 aliphatic rings. The number of aromatic nitrogens is 1. The second-order valence-corrected chi connectivity index (χ2v) is 6.84. The molecule has 5 heteroatoms. The van der Waals surface area contributed by atoms with Crippen LogP contribution >= 0.6 is 0 Å². The molecule has 1 aliphatic heterocycles. The van der Waals surface area contributed by atoms with Crippen molar-refractivity contribution in [2.45, 2.75) is 19.4 Å². The molecule has 0 bridgehead atoms. The van der Waals surface area contributed by atoms with Gasteiger partial charge in [-0.2, -0.15) is 0 Å². The van der Waals surface area contributed by atoms with Gasteiger partial charge in [-0.05, 0) is 62.2 Å². The summed E-state index contributed by atoms with van der Waals surface area (Å²) in [6.07, 6.45) is 3.63. The number of halogens is 2. The first-order valence-electron chi connectivity index (χ1n) is 8.29. The lowest BCUT2D eigenvalue weighted by Gasteiger charge is -2.18. The maximum Gasteiger partial charge on any atom is 0.128 e. The van der Waals surface area contributed by atoms with E-state index in [1.807, 2.05) is 20.3 Å². The number of pyridine rings is 1. The van der Waals surface area contributed by atoms with E-state index >= 15 is 0 Å². The highest BCUT2D eigenvalue weighted by Gasteiger charge is 2.24. The topological polar surface area (TPSA) is 19.4 Å². The van der Waals surface area contributed by atoms with Crippen molar-refractivity contribution in [3.05, 3.63) is 59.3 Å².